The smallest absolute Gasteiger partial charge is 0.154 e. The van der Waals surface area contributed by atoms with Gasteiger partial charge in [0, 0.05) is 6.20 Å². The fraction of sp³-hybridized carbons (Fsp3) is 0.375. The maximum atomic E-state index is 10.9. The van der Waals surface area contributed by atoms with Gasteiger partial charge in [-0.15, -0.1) is 0 Å². The number of sulfone groups is 1. The largest absolute Gasteiger partial charge is 0.364 e. The second-order valence-corrected chi connectivity index (χ2v) is 6.85. The number of pyridine rings is 1. The summed E-state index contributed by atoms with van der Waals surface area (Å²) in [5.74, 6) is 0.965. The first-order chi connectivity index (χ1) is 6.96. The van der Waals surface area contributed by atoms with E-state index >= 15 is 0 Å². The number of anilines is 1. The van der Waals surface area contributed by atoms with E-state index in [1.807, 2.05) is 0 Å². The molecule has 4 nitrogen and oxygen atoms in total. The van der Waals surface area contributed by atoms with E-state index in [1.54, 1.807) is 6.07 Å². The summed E-state index contributed by atoms with van der Waals surface area (Å²) in [6.45, 7) is 0. The van der Waals surface area contributed by atoms with Crippen molar-refractivity contribution in [3.63, 3.8) is 0 Å². The second-order valence-electron chi connectivity index (χ2n) is 3.40. The number of rotatable bonds is 2. The molecular weight excluding hydrogens is 304 g/mol. The van der Waals surface area contributed by atoms with Crippen LogP contribution in [0.5, 0.6) is 0 Å². The Morgan fingerprint density at radius 2 is 2.20 bits per heavy atom. The number of halogens is 2. The third-order valence-electron chi connectivity index (χ3n) is 2.06. The third kappa shape index (κ3) is 2.62. The van der Waals surface area contributed by atoms with E-state index in [0.717, 1.165) is 4.47 Å². The molecule has 0 atom stereocenters. The van der Waals surface area contributed by atoms with Gasteiger partial charge < -0.3 is 5.32 Å². The molecule has 15 heavy (non-hydrogen) atoms. The van der Waals surface area contributed by atoms with Crippen molar-refractivity contribution in [1.29, 1.82) is 0 Å². The Bertz CT molecular complexity index is 479. The second kappa shape index (κ2) is 3.92. The first-order valence-electron chi connectivity index (χ1n) is 4.24. The van der Waals surface area contributed by atoms with Gasteiger partial charge in [-0.05, 0) is 22.0 Å². The fourth-order valence-electron chi connectivity index (χ4n) is 1.36. The summed E-state index contributed by atoms with van der Waals surface area (Å²) in [5, 5.41) is 3.57. The molecule has 0 spiro atoms. The molecule has 1 fully saturated rings. The highest BCUT2D eigenvalue weighted by Gasteiger charge is 2.33. The van der Waals surface area contributed by atoms with Crippen LogP contribution in [0.3, 0.4) is 0 Å². The van der Waals surface area contributed by atoms with Gasteiger partial charge in [0.05, 0.1) is 27.0 Å². The van der Waals surface area contributed by atoms with Crippen LogP contribution in [-0.4, -0.2) is 30.9 Å². The zero-order valence-corrected chi connectivity index (χ0v) is 10.7. The van der Waals surface area contributed by atoms with E-state index in [1.165, 1.54) is 6.20 Å². The first kappa shape index (κ1) is 11.2. The van der Waals surface area contributed by atoms with Gasteiger partial charge in [-0.25, -0.2) is 13.4 Å². The Kier molecular flexibility index (Phi) is 2.92. The molecule has 1 aromatic rings. The highest BCUT2D eigenvalue weighted by atomic mass is 79.9. The monoisotopic (exact) mass is 310 g/mol. The van der Waals surface area contributed by atoms with Gasteiger partial charge in [0.25, 0.3) is 0 Å². The van der Waals surface area contributed by atoms with Gasteiger partial charge >= 0.3 is 0 Å². The van der Waals surface area contributed by atoms with Crippen molar-refractivity contribution >= 4 is 43.2 Å². The zero-order chi connectivity index (χ0) is 11.1. The van der Waals surface area contributed by atoms with E-state index < -0.39 is 9.84 Å². The molecule has 0 saturated carbocycles. The summed E-state index contributed by atoms with van der Waals surface area (Å²) in [6.07, 6.45) is 1.52. The molecule has 2 rings (SSSR count). The molecule has 0 radical (unpaired) electrons. The van der Waals surface area contributed by atoms with Crippen molar-refractivity contribution in [2.24, 2.45) is 0 Å². The average molecular weight is 312 g/mol. The van der Waals surface area contributed by atoms with Crippen LogP contribution in [0.15, 0.2) is 16.7 Å². The highest BCUT2D eigenvalue weighted by Crippen LogP contribution is 2.25. The number of nitrogens with zero attached hydrogens (tertiary/aromatic N) is 1. The number of hydrogen-bond acceptors (Lipinski definition) is 4. The molecule has 0 aromatic carbocycles. The molecule has 1 saturated heterocycles. The van der Waals surface area contributed by atoms with Gasteiger partial charge in [0.2, 0.25) is 0 Å². The van der Waals surface area contributed by atoms with Crippen molar-refractivity contribution in [1.82, 2.24) is 4.98 Å². The molecule has 1 aromatic heterocycles. The molecule has 2 heterocycles. The van der Waals surface area contributed by atoms with Crippen LogP contribution >= 0.6 is 27.5 Å². The van der Waals surface area contributed by atoms with Gasteiger partial charge in [-0.2, -0.15) is 0 Å². The normalized spacial score (nSPS) is 19.6. The minimum Gasteiger partial charge on any atom is -0.364 e. The minimum atomic E-state index is -2.80. The molecule has 0 amide bonds. The Hall–Kier alpha value is -0.330. The van der Waals surface area contributed by atoms with Crippen LogP contribution in [0.25, 0.3) is 0 Å². The van der Waals surface area contributed by atoms with Crippen molar-refractivity contribution in [3.8, 4) is 0 Å². The maximum absolute atomic E-state index is 10.9. The zero-order valence-electron chi connectivity index (χ0n) is 7.57. The lowest BCUT2D eigenvalue weighted by Crippen LogP contribution is -2.46. The standard InChI is InChI=1S/C8H8BrClN2O2S/c9-7-1-5(10)2-11-8(7)12-6-3-15(13,14)4-6/h1-2,6H,3-4H2,(H,11,12). The Morgan fingerprint density at radius 3 is 2.73 bits per heavy atom. The highest BCUT2D eigenvalue weighted by molar-refractivity contribution is 9.10. The number of aromatic nitrogens is 1. The van der Waals surface area contributed by atoms with Gasteiger partial charge in [0.15, 0.2) is 9.84 Å². The van der Waals surface area contributed by atoms with Crippen molar-refractivity contribution < 1.29 is 8.42 Å². The molecule has 1 aliphatic heterocycles. The molecule has 1 aliphatic rings. The SMILES string of the molecule is O=S1(=O)CC(Nc2ncc(Cl)cc2Br)C1. The van der Waals surface area contributed by atoms with Crippen LogP contribution in [0, 0.1) is 0 Å². The van der Waals surface area contributed by atoms with Crippen LogP contribution in [-0.2, 0) is 9.84 Å². The molecule has 82 valence electrons. The van der Waals surface area contributed by atoms with Crippen molar-refractivity contribution in [3.05, 3.63) is 21.8 Å². The predicted molar refractivity (Wildman–Crippen MR) is 63.0 cm³/mol. The summed E-state index contributed by atoms with van der Waals surface area (Å²) >= 11 is 9.03. The lowest BCUT2D eigenvalue weighted by atomic mass is 10.3. The molecular formula is C8H8BrClN2O2S. The quantitative estimate of drug-likeness (QED) is 0.903. The molecule has 0 unspecified atom stereocenters. The summed E-state index contributed by atoms with van der Waals surface area (Å²) in [5.41, 5.74) is 0. The van der Waals surface area contributed by atoms with E-state index in [9.17, 15) is 8.42 Å². The van der Waals surface area contributed by atoms with E-state index in [2.05, 4.69) is 26.2 Å². The van der Waals surface area contributed by atoms with E-state index in [4.69, 9.17) is 11.6 Å². The Labute approximate surface area is 101 Å². The summed E-state index contributed by atoms with van der Waals surface area (Å²) < 4.78 is 22.6. The van der Waals surface area contributed by atoms with Crippen molar-refractivity contribution in [2.45, 2.75) is 6.04 Å². The van der Waals surface area contributed by atoms with Gasteiger partial charge in [-0.1, -0.05) is 11.6 Å². The number of nitrogens with one attached hydrogen (secondary N) is 1. The summed E-state index contributed by atoms with van der Waals surface area (Å²) in [7, 11) is -2.80. The van der Waals surface area contributed by atoms with Crippen LogP contribution < -0.4 is 5.32 Å². The Balaban J connectivity index is 2.06. The van der Waals surface area contributed by atoms with Crippen LogP contribution in [0.2, 0.25) is 5.02 Å². The van der Waals surface area contributed by atoms with Crippen molar-refractivity contribution in [2.75, 3.05) is 16.8 Å². The lowest BCUT2D eigenvalue weighted by Gasteiger charge is -2.27. The summed E-state index contributed by atoms with van der Waals surface area (Å²) in [6, 6.07) is 1.67. The van der Waals surface area contributed by atoms with E-state index in [0.29, 0.717) is 10.8 Å². The number of hydrogen-bond donors (Lipinski definition) is 1. The van der Waals surface area contributed by atoms with Crippen LogP contribution in [0.4, 0.5) is 5.82 Å². The molecule has 1 N–H and O–H groups in total. The minimum absolute atomic E-state index is 0.0417. The Morgan fingerprint density at radius 1 is 1.53 bits per heavy atom. The average Bonchev–Trinajstić information content (AvgIpc) is 2.06. The lowest BCUT2D eigenvalue weighted by molar-refractivity contribution is 0.570. The fourth-order valence-corrected chi connectivity index (χ4v) is 3.41. The van der Waals surface area contributed by atoms with Gasteiger partial charge in [0.1, 0.15) is 5.82 Å². The third-order valence-corrected chi connectivity index (χ3v) is 4.69. The van der Waals surface area contributed by atoms with E-state index in [-0.39, 0.29) is 17.5 Å². The van der Waals surface area contributed by atoms with Crippen LogP contribution in [0.1, 0.15) is 0 Å². The molecule has 0 aliphatic carbocycles. The maximum Gasteiger partial charge on any atom is 0.154 e. The van der Waals surface area contributed by atoms with Gasteiger partial charge in [-0.3, -0.25) is 0 Å². The molecule has 7 heteroatoms. The topological polar surface area (TPSA) is 59.1 Å². The summed E-state index contributed by atoms with van der Waals surface area (Å²) in [4.78, 5) is 4.06. The predicted octanol–water partition coefficient (Wildman–Crippen LogP) is 1.71. The molecule has 0 bridgehead atoms. The first-order valence-corrected chi connectivity index (χ1v) is 7.23.